The lowest BCUT2D eigenvalue weighted by atomic mass is 9.88. The molecule has 18 heavy (non-hydrogen) atoms. The highest BCUT2D eigenvalue weighted by molar-refractivity contribution is 5.73. The second-order valence-corrected chi connectivity index (χ2v) is 5.36. The number of aryl methyl sites for hydroxylation is 2. The minimum atomic E-state index is -0.755. The van der Waals surface area contributed by atoms with Crippen LogP contribution in [0.5, 0.6) is 5.75 Å². The van der Waals surface area contributed by atoms with Crippen LogP contribution < -0.4 is 4.74 Å². The number of benzene rings is 1. The zero-order chi connectivity index (χ0) is 13.8. The van der Waals surface area contributed by atoms with Crippen molar-refractivity contribution in [1.82, 2.24) is 0 Å². The summed E-state index contributed by atoms with van der Waals surface area (Å²) < 4.78 is 5.75. The summed E-state index contributed by atoms with van der Waals surface area (Å²) in [5, 5.41) is 9.01. The van der Waals surface area contributed by atoms with E-state index >= 15 is 0 Å². The predicted molar refractivity (Wildman–Crippen MR) is 72.1 cm³/mol. The van der Waals surface area contributed by atoms with E-state index in [0.717, 1.165) is 23.3 Å². The van der Waals surface area contributed by atoms with Gasteiger partial charge in [-0.25, -0.2) is 0 Å². The highest BCUT2D eigenvalue weighted by Gasteiger charge is 2.26. The van der Waals surface area contributed by atoms with E-state index in [0.29, 0.717) is 13.0 Å². The number of carboxylic acid groups (broad SMARTS) is 1. The van der Waals surface area contributed by atoms with Crippen LogP contribution in [0.4, 0.5) is 0 Å². The van der Waals surface area contributed by atoms with Gasteiger partial charge in [-0.1, -0.05) is 18.2 Å². The van der Waals surface area contributed by atoms with Gasteiger partial charge < -0.3 is 9.84 Å². The van der Waals surface area contributed by atoms with Crippen LogP contribution in [-0.2, 0) is 4.79 Å². The molecule has 3 nitrogen and oxygen atoms in total. The van der Waals surface area contributed by atoms with Gasteiger partial charge >= 0.3 is 5.97 Å². The average molecular weight is 250 g/mol. The number of carboxylic acids is 1. The summed E-state index contributed by atoms with van der Waals surface area (Å²) in [5.41, 5.74) is 1.56. The number of ether oxygens (including phenoxy) is 1. The molecule has 1 N–H and O–H groups in total. The molecule has 0 unspecified atom stereocenters. The molecule has 0 heterocycles. The van der Waals surface area contributed by atoms with Crippen LogP contribution in [0.1, 0.15) is 37.8 Å². The molecule has 3 heteroatoms. The van der Waals surface area contributed by atoms with E-state index in [1.54, 1.807) is 13.8 Å². The number of rotatable bonds is 6. The minimum Gasteiger partial charge on any atom is -0.493 e. The van der Waals surface area contributed by atoms with Gasteiger partial charge in [0.25, 0.3) is 0 Å². The van der Waals surface area contributed by atoms with Gasteiger partial charge in [-0.3, -0.25) is 4.79 Å². The Kier molecular flexibility index (Phi) is 4.76. The lowest BCUT2D eigenvalue weighted by Crippen LogP contribution is -2.24. The standard InChI is InChI=1S/C15H22O3/c1-11-7-5-8-12(2)13(11)18-10-6-9-15(3,4)14(16)17/h5,7-8H,6,9-10H2,1-4H3,(H,16,17). The van der Waals surface area contributed by atoms with E-state index in [-0.39, 0.29) is 0 Å². The quantitative estimate of drug-likeness (QED) is 0.785. The van der Waals surface area contributed by atoms with E-state index < -0.39 is 11.4 Å². The molecule has 0 aromatic heterocycles. The Hall–Kier alpha value is -1.51. The van der Waals surface area contributed by atoms with Gasteiger partial charge in [0.15, 0.2) is 0 Å². The molecule has 0 saturated heterocycles. The van der Waals surface area contributed by atoms with Crippen LogP contribution in [-0.4, -0.2) is 17.7 Å². The molecule has 100 valence electrons. The highest BCUT2D eigenvalue weighted by Crippen LogP contribution is 2.25. The third kappa shape index (κ3) is 3.76. The molecular formula is C15H22O3. The maximum Gasteiger partial charge on any atom is 0.309 e. The molecule has 0 bridgehead atoms. The first-order valence-corrected chi connectivity index (χ1v) is 6.27. The molecule has 0 aliphatic rings. The SMILES string of the molecule is Cc1cccc(C)c1OCCCC(C)(C)C(=O)O. The fourth-order valence-corrected chi connectivity index (χ4v) is 1.82. The lowest BCUT2D eigenvalue weighted by Gasteiger charge is -2.19. The summed E-state index contributed by atoms with van der Waals surface area (Å²) in [6, 6.07) is 6.04. The highest BCUT2D eigenvalue weighted by atomic mass is 16.5. The summed E-state index contributed by atoms with van der Waals surface area (Å²) in [5.74, 6) is 0.167. The largest absolute Gasteiger partial charge is 0.493 e. The number of hydrogen-bond donors (Lipinski definition) is 1. The molecule has 0 spiro atoms. The second kappa shape index (κ2) is 5.89. The Balaban J connectivity index is 2.46. The van der Waals surface area contributed by atoms with Crippen molar-refractivity contribution in [1.29, 1.82) is 0 Å². The molecule has 0 fully saturated rings. The van der Waals surface area contributed by atoms with Crippen molar-refractivity contribution in [2.75, 3.05) is 6.61 Å². The Labute approximate surface area is 109 Å². The van der Waals surface area contributed by atoms with E-state index in [9.17, 15) is 4.79 Å². The van der Waals surface area contributed by atoms with Gasteiger partial charge in [-0.15, -0.1) is 0 Å². The Bertz CT molecular complexity index is 401. The lowest BCUT2D eigenvalue weighted by molar-refractivity contribution is -0.147. The normalized spacial score (nSPS) is 11.3. The number of carbonyl (C=O) groups is 1. The van der Waals surface area contributed by atoms with Crippen molar-refractivity contribution in [3.8, 4) is 5.75 Å². The minimum absolute atomic E-state index is 0.558. The smallest absolute Gasteiger partial charge is 0.309 e. The van der Waals surface area contributed by atoms with Gasteiger partial charge in [0.2, 0.25) is 0 Å². The molecular weight excluding hydrogens is 228 g/mol. The van der Waals surface area contributed by atoms with Crippen LogP contribution in [0.2, 0.25) is 0 Å². The van der Waals surface area contributed by atoms with Crippen molar-refractivity contribution < 1.29 is 14.6 Å². The van der Waals surface area contributed by atoms with Gasteiger partial charge in [0.1, 0.15) is 5.75 Å². The first-order valence-electron chi connectivity index (χ1n) is 6.27. The Morgan fingerprint density at radius 2 is 1.83 bits per heavy atom. The monoisotopic (exact) mass is 250 g/mol. The van der Waals surface area contributed by atoms with Crippen molar-refractivity contribution in [2.24, 2.45) is 5.41 Å². The van der Waals surface area contributed by atoms with Crippen LogP contribution in [0, 0.1) is 19.3 Å². The van der Waals surface area contributed by atoms with Crippen molar-refractivity contribution in [3.05, 3.63) is 29.3 Å². The Morgan fingerprint density at radius 1 is 1.28 bits per heavy atom. The van der Waals surface area contributed by atoms with Crippen LogP contribution in [0.15, 0.2) is 18.2 Å². The van der Waals surface area contributed by atoms with Gasteiger partial charge in [0.05, 0.1) is 12.0 Å². The van der Waals surface area contributed by atoms with Gasteiger partial charge in [-0.2, -0.15) is 0 Å². The zero-order valence-electron chi connectivity index (χ0n) is 11.6. The Morgan fingerprint density at radius 3 is 2.33 bits per heavy atom. The summed E-state index contributed by atoms with van der Waals surface area (Å²) in [4.78, 5) is 11.0. The first kappa shape index (κ1) is 14.6. The predicted octanol–water partition coefficient (Wildman–Crippen LogP) is 3.57. The van der Waals surface area contributed by atoms with Gasteiger partial charge in [0, 0.05) is 0 Å². The molecule has 1 aromatic carbocycles. The summed E-state index contributed by atoms with van der Waals surface area (Å²) in [6.07, 6.45) is 1.36. The van der Waals surface area contributed by atoms with Crippen molar-refractivity contribution in [3.63, 3.8) is 0 Å². The molecule has 0 aliphatic heterocycles. The first-order chi connectivity index (χ1) is 8.34. The summed E-state index contributed by atoms with van der Waals surface area (Å²) in [6.45, 7) is 8.08. The number of para-hydroxylation sites is 1. The van der Waals surface area contributed by atoms with Gasteiger partial charge in [-0.05, 0) is 51.7 Å². The van der Waals surface area contributed by atoms with E-state index in [4.69, 9.17) is 9.84 Å². The van der Waals surface area contributed by atoms with E-state index in [1.165, 1.54) is 0 Å². The number of aliphatic carboxylic acids is 1. The molecule has 0 atom stereocenters. The van der Waals surface area contributed by atoms with E-state index in [2.05, 4.69) is 0 Å². The third-order valence-electron chi connectivity index (χ3n) is 3.18. The fourth-order valence-electron chi connectivity index (χ4n) is 1.82. The van der Waals surface area contributed by atoms with Crippen molar-refractivity contribution >= 4 is 5.97 Å². The van der Waals surface area contributed by atoms with Crippen LogP contribution in [0.3, 0.4) is 0 Å². The summed E-state index contributed by atoms with van der Waals surface area (Å²) in [7, 11) is 0. The fraction of sp³-hybridized carbons (Fsp3) is 0.533. The molecule has 0 amide bonds. The van der Waals surface area contributed by atoms with E-state index in [1.807, 2.05) is 32.0 Å². The molecule has 1 rings (SSSR count). The van der Waals surface area contributed by atoms with Crippen LogP contribution >= 0.6 is 0 Å². The average Bonchev–Trinajstić information content (AvgIpc) is 2.27. The van der Waals surface area contributed by atoms with Crippen LogP contribution in [0.25, 0.3) is 0 Å². The zero-order valence-corrected chi connectivity index (χ0v) is 11.6. The number of hydrogen-bond acceptors (Lipinski definition) is 2. The molecule has 1 aromatic rings. The van der Waals surface area contributed by atoms with Crippen molar-refractivity contribution in [2.45, 2.75) is 40.5 Å². The maximum atomic E-state index is 11.0. The molecule has 0 aliphatic carbocycles. The second-order valence-electron chi connectivity index (χ2n) is 5.36. The topological polar surface area (TPSA) is 46.5 Å². The molecule has 0 saturated carbocycles. The third-order valence-corrected chi connectivity index (χ3v) is 3.18. The maximum absolute atomic E-state index is 11.0. The molecule has 0 radical (unpaired) electrons. The summed E-state index contributed by atoms with van der Waals surface area (Å²) >= 11 is 0.